The number of rotatable bonds is 4. The SMILES string of the molecule is Cc1cc(CSc2nnc(-c3cc4c(s3)CC[C@@H](C)C4)o2)on1. The van der Waals surface area contributed by atoms with Crippen LogP contribution in [-0.4, -0.2) is 15.4 Å². The van der Waals surface area contributed by atoms with Crippen LogP contribution in [0, 0.1) is 12.8 Å². The summed E-state index contributed by atoms with van der Waals surface area (Å²) >= 11 is 3.26. The van der Waals surface area contributed by atoms with Gasteiger partial charge in [0.05, 0.1) is 16.3 Å². The van der Waals surface area contributed by atoms with Crippen molar-refractivity contribution in [2.75, 3.05) is 0 Å². The van der Waals surface area contributed by atoms with E-state index in [0.29, 0.717) is 16.9 Å². The fourth-order valence-electron chi connectivity index (χ4n) is 2.80. The summed E-state index contributed by atoms with van der Waals surface area (Å²) in [7, 11) is 0. The van der Waals surface area contributed by atoms with Crippen LogP contribution in [0.5, 0.6) is 0 Å². The summed E-state index contributed by atoms with van der Waals surface area (Å²) in [6.07, 6.45) is 3.60. The van der Waals surface area contributed by atoms with Crippen molar-refractivity contribution in [3.8, 4) is 10.8 Å². The van der Waals surface area contributed by atoms with E-state index in [9.17, 15) is 0 Å². The van der Waals surface area contributed by atoms with Gasteiger partial charge < -0.3 is 8.94 Å². The molecule has 0 aromatic carbocycles. The van der Waals surface area contributed by atoms with Gasteiger partial charge >= 0.3 is 0 Å². The van der Waals surface area contributed by atoms with Gasteiger partial charge in [0.2, 0.25) is 0 Å². The molecule has 0 unspecified atom stereocenters. The molecule has 0 saturated heterocycles. The highest BCUT2D eigenvalue weighted by molar-refractivity contribution is 7.98. The Balaban J connectivity index is 1.47. The predicted octanol–water partition coefficient (Wildman–Crippen LogP) is 4.51. The van der Waals surface area contributed by atoms with Gasteiger partial charge in [-0.05, 0) is 43.7 Å². The highest BCUT2D eigenvalue weighted by Crippen LogP contribution is 2.37. The summed E-state index contributed by atoms with van der Waals surface area (Å²) in [5.41, 5.74) is 2.33. The molecular formula is C16H17N3O2S2. The molecule has 0 fully saturated rings. The van der Waals surface area contributed by atoms with Crippen molar-refractivity contribution in [3.63, 3.8) is 0 Å². The minimum Gasteiger partial charge on any atom is -0.410 e. The fraction of sp³-hybridized carbons (Fsp3) is 0.438. The third-order valence-corrected chi connectivity index (χ3v) is 6.03. The van der Waals surface area contributed by atoms with Crippen molar-refractivity contribution in [1.29, 1.82) is 0 Å². The van der Waals surface area contributed by atoms with Gasteiger partial charge in [0, 0.05) is 10.9 Å². The van der Waals surface area contributed by atoms with E-state index in [2.05, 4.69) is 28.3 Å². The lowest BCUT2D eigenvalue weighted by Gasteiger charge is -2.16. The first-order valence-corrected chi connectivity index (χ1v) is 9.48. The average molecular weight is 347 g/mol. The zero-order valence-electron chi connectivity index (χ0n) is 13.0. The molecule has 3 aromatic rings. The molecule has 23 heavy (non-hydrogen) atoms. The molecule has 7 heteroatoms. The largest absolute Gasteiger partial charge is 0.410 e. The first-order valence-electron chi connectivity index (χ1n) is 7.68. The van der Waals surface area contributed by atoms with Gasteiger partial charge in [-0.2, -0.15) is 0 Å². The molecule has 0 saturated carbocycles. The normalized spacial score (nSPS) is 17.4. The van der Waals surface area contributed by atoms with Crippen LogP contribution >= 0.6 is 23.1 Å². The minimum absolute atomic E-state index is 0.564. The van der Waals surface area contributed by atoms with Crippen LogP contribution in [0.15, 0.2) is 26.3 Å². The van der Waals surface area contributed by atoms with Crippen molar-refractivity contribution >= 4 is 23.1 Å². The molecule has 4 rings (SSSR count). The van der Waals surface area contributed by atoms with Gasteiger partial charge in [-0.3, -0.25) is 0 Å². The summed E-state index contributed by atoms with van der Waals surface area (Å²) < 4.78 is 11.0. The second-order valence-electron chi connectivity index (χ2n) is 6.00. The number of fused-ring (bicyclic) bond motifs is 1. The number of thioether (sulfide) groups is 1. The maximum absolute atomic E-state index is 5.79. The molecule has 0 aliphatic heterocycles. The smallest absolute Gasteiger partial charge is 0.277 e. The van der Waals surface area contributed by atoms with Crippen LogP contribution in [0.25, 0.3) is 10.8 Å². The Bertz CT molecular complexity index is 821. The summed E-state index contributed by atoms with van der Waals surface area (Å²) in [4.78, 5) is 2.56. The third kappa shape index (κ3) is 3.21. The van der Waals surface area contributed by atoms with Gasteiger partial charge in [0.1, 0.15) is 5.76 Å². The van der Waals surface area contributed by atoms with Crippen LogP contribution < -0.4 is 0 Å². The Labute approximate surface area is 142 Å². The average Bonchev–Trinajstić information content (AvgIpc) is 3.23. The van der Waals surface area contributed by atoms with Crippen molar-refractivity contribution in [1.82, 2.24) is 15.4 Å². The van der Waals surface area contributed by atoms with Gasteiger partial charge in [-0.1, -0.05) is 23.8 Å². The van der Waals surface area contributed by atoms with E-state index in [0.717, 1.165) is 28.7 Å². The van der Waals surface area contributed by atoms with Gasteiger partial charge in [-0.25, -0.2) is 0 Å². The van der Waals surface area contributed by atoms with E-state index in [4.69, 9.17) is 8.94 Å². The molecular weight excluding hydrogens is 330 g/mol. The Kier molecular flexibility index (Phi) is 3.98. The van der Waals surface area contributed by atoms with E-state index < -0.39 is 0 Å². The van der Waals surface area contributed by atoms with E-state index in [-0.39, 0.29) is 0 Å². The number of thiophene rings is 1. The number of aromatic nitrogens is 3. The number of nitrogens with zero attached hydrogens (tertiary/aromatic N) is 3. The monoisotopic (exact) mass is 347 g/mol. The molecule has 1 atom stereocenters. The first-order chi connectivity index (χ1) is 11.2. The maximum Gasteiger partial charge on any atom is 0.277 e. The van der Waals surface area contributed by atoms with Gasteiger partial charge in [0.25, 0.3) is 11.1 Å². The van der Waals surface area contributed by atoms with Crippen molar-refractivity contribution in [2.45, 2.75) is 44.1 Å². The standard InChI is InChI=1S/C16H17N3O2S2/c1-9-3-4-13-11(5-9)7-14(23-13)15-17-18-16(20-15)22-8-12-6-10(2)19-21-12/h6-7,9H,3-5,8H2,1-2H3/t9-/m1/s1. The summed E-state index contributed by atoms with van der Waals surface area (Å²) in [6.45, 7) is 4.22. The molecule has 3 aromatic heterocycles. The predicted molar refractivity (Wildman–Crippen MR) is 89.6 cm³/mol. The topological polar surface area (TPSA) is 65.0 Å². The van der Waals surface area contributed by atoms with E-state index in [1.54, 1.807) is 11.3 Å². The van der Waals surface area contributed by atoms with E-state index in [1.165, 1.54) is 35.0 Å². The lowest BCUT2D eigenvalue weighted by Crippen LogP contribution is -2.07. The van der Waals surface area contributed by atoms with Crippen LogP contribution in [-0.2, 0) is 18.6 Å². The molecule has 120 valence electrons. The first kappa shape index (κ1) is 15.0. The second kappa shape index (κ2) is 6.13. The van der Waals surface area contributed by atoms with Gasteiger partial charge in [-0.15, -0.1) is 21.5 Å². The third-order valence-electron chi connectivity index (χ3n) is 3.96. The number of hydrogen-bond donors (Lipinski definition) is 0. The number of hydrogen-bond acceptors (Lipinski definition) is 7. The van der Waals surface area contributed by atoms with E-state index >= 15 is 0 Å². The minimum atomic E-state index is 0.564. The molecule has 0 N–H and O–H groups in total. The lowest BCUT2D eigenvalue weighted by molar-refractivity contribution is 0.390. The molecule has 0 spiro atoms. The van der Waals surface area contributed by atoms with Crippen LogP contribution in [0.1, 0.15) is 35.2 Å². The molecule has 3 heterocycles. The van der Waals surface area contributed by atoms with Crippen molar-refractivity contribution in [2.24, 2.45) is 5.92 Å². The Morgan fingerprint density at radius 1 is 1.35 bits per heavy atom. The van der Waals surface area contributed by atoms with Crippen LogP contribution in [0.3, 0.4) is 0 Å². The molecule has 5 nitrogen and oxygen atoms in total. The number of aryl methyl sites for hydroxylation is 2. The van der Waals surface area contributed by atoms with Crippen LogP contribution in [0.2, 0.25) is 0 Å². The Hall–Kier alpha value is -1.60. The zero-order chi connectivity index (χ0) is 15.8. The summed E-state index contributed by atoms with van der Waals surface area (Å²) in [6, 6.07) is 4.14. The second-order valence-corrected chi connectivity index (χ2v) is 8.07. The molecule has 0 bridgehead atoms. The molecule has 0 amide bonds. The highest BCUT2D eigenvalue weighted by Gasteiger charge is 2.21. The van der Waals surface area contributed by atoms with E-state index in [1.807, 2.05) is 13.0 Å². The highest BCUT2D eigenvalue weighted by atomic mass is 32.2. The lowest BCUT2D eigenvalue weighted by atomic mass is 9.90. The molecule has 1 aliphatic rings. The van der Waals surface area contributed by atoms with Gasteiger partial charge in [0.15, 0.2) is 0 Å². The van der Waals surface area contributed by atoms with Crippen molar-refractivity contribution in [3.05, 3.63) is 34.0 Å². The maximum atomic E-state index is 5.79. The zero-order valence-corrected chi connectivity index (χ0v) is 14.7. The fourth-order valence-corrected chi connectivity index (χ4v) is 4.56. The quantitative estimate of drug-likeness (QED) is 0.647. The van der Waals surface area contributed by atoms with Crippen molar-refractivity contribution < 1.29 is 8.94 Å². The summed E-state index contributed by atoms with van der Waals surface area (Å²) in [5, 5.41) is 12.8. The summed E-state index contributed by atoms with van der Waals surface area (Å²) in [5.74, 6) is 2.84. The van der Waals surface area contributed by atoms with Crippen LogP contribution in [0.4, 0.5) is 0 Å². The molecule has 0 radical (unpaired) electrons. The molecule has 1 aliphatic carbocycles. The Morgan fingerprint density at radius 2 is 2.26 bits per heavy atom. The Morgan fingerprint density at radius 3 is 3.09 bits per heavy atom.